The molecule has 0 aliphatic rings. The fraction of sp³-hybridized carbons (Fsp3) is 1.00. The van der Waals surface area contributed by atoms with E-state index in [1.807, 2.05) is 0 Å². The highest BCUT2D eigenvalue weighted by Gasteiger charge is 2.01. The molecular formula is C20H42O. The van der Waals surface area contributed by atoms with Crippen LogP contribution >= 0.6 is 0 Å². The summed E-state index contributed by atoms with van der Waals surface area (Å²) in [6.07, 6.45) is 22.1. The summed E-state index contributed by atoms with van der Waals surface area (Å²) in [5.74, 6) is 0.891. The Balaban J connectivity index is 3.07. The monoisotopic (exact) mass is 298 g/mol. The predicted octanol–water partition coefficient (Wildman–Crippen LogP) is 6.88. The van der Waals surface area contributed by atoms with Gasteiger partial charge in [0.05, 0.1) is 0 Å². The molecule has 0 amide bonds. The highest BCUT2D eigenvalue weighted by molar-refractivity contribution is 4.55. The van der Waals surface area contributed by atoms with Crippen LogP contribution in [0.1, 0.15) is 117 Å². The zero-order valence-corrected chi connectivity index (χ0v) is 15.0. The highest BCUT2D eigenvalue weighted by Crippen LogP contribution is 2.18. The first kappa shape index (κ1) is 21.0. The van der Waals surface area contributed by atoms with E-state index in [0.717, 1.165) is 12.3 Å². The molecule has 0 radical (unpaired) electrons. The topological polar surface area (TPSA) is 20.2 Å². The molecule has 0 heterocycles. The van der Waals surface area contributed by atoms with Crippen molar-refractivity contribution >= 4 is 0 Å². The van der Waals surface area contributed by atoms with Crippen LogP contribution in [0.25, 0.3) is 0 Å². The molecule has 0 aliphatic heterocycles. The van der Waals surface area contributed by atoms with E-state index in [0.29, 0.717) is 6.61 Å². The smallest absolute Gasteiger partial charge is 0.0431 e. The van der Waals surface area contributed by atoms with Crippen molar-refractivity contribution in [3.8, 4) is 0 Å². The van der Waals surface area contributed by atoms with Gasteiger partial charge in [0.15, 0.2) is 0 Å². The maximum absolute atomic E-state index is 8.75. The molecule has 0 saturated carbocycles. The molecule has 1 heteroatoms. The fourth-order valence-electron chi connectivity index (χ4n) is 3.08. The minimum absolute atomic E-state index is 0.368. The van der Waals surface area contributed by atoms with Crippen LogP contribution in [0.15, 0.2) is 0 Å². The molecule has 1 atom stereocenters. The molecule has 0 aromatic heterocycles. The lowest BCUT2D eigenvalue weighted by atomic mass is 9.96. The molecule has 0 aromatic rings. The summed E-state index contributed by atoms with van der Waals surface area (Å²) in [6, 6.07) is 0. The van der Waals surface area contributed by atoms with Gasteiger partial charge in [-0.25, -0.2) is 0 Å². The Morgan fingerprint density at radius 2 is 0.952 bits per heavy atom. The molecule has 0 bridgehead atoms. The zero-order chi connectivity index (χ0) is 15.6. The van der Waals surface area contributed by atoms with E-state index in [4.69, 9.17) is 5.11 Å². The first-order valence-electron chi connectivity index (χ1n) is 9.92. The van der Waals surface area contributed by atoms with Gasteiger partial charge in [0.2, 0.25) is 0 Å². The van der Waals surface area contributed by atoms with E-state index in [9.17, 15) is 0 Å². The second-order valence-corrected chi connectivity index (χ2v) is 7.00. The number of rotatable bonds is 17. The Bertz CT molecular complexity index is 179. The highest BCUT2D eigenvalue weighted by atomic mass is 16.2. The van der Waals surface area contributed by atoms with Crippen LogP contribution in [0.3, 0.4) is 0 Å². The quantitative estimate of drug-likeness (QED) is 0.290. The fourth-order valence-corrected chi connectivity index (χ4v) is 3.08. The summed E-state index contributed by atoms with van der Waals surface area (Å²) in [6.45, 7) is 5.05. The van der Waals surface area contributed by atoms with Crippen LogP contribution in [0.5, 0.6) is 0 Å². The van der Waals surface area contributed by atoms with Crippen molar-refractivity contribution in [2.24, 2.45) is 5.92 Å². The van der Waals surface area contributed by atoms with Crippen LogP contribution in [0.4, 0.5) is 0 Å². The Labute approximate surface area is 134 Å². The van der Waals surface area contributed by atoms with Crippen LogP contribution in [-0.4, -0.2) is 11.7 Å². The normalized spacial score (nSPS) is 12.7. The van der Waals surface area contributed by atoms with E-state index >= 15 is 0 Å². The lowest BCUT2D eigenvalue weighted by Gasteiger charge is -2.10. The zero-order valence-electron chi connectivity index (χ0n) is 15.0. The minimum atomic E-state index is 0.368. The lowest BCUT2D eigenvalue weighted by Crippen LogP contribution is -1.95. The molecule has 0 spiro atoms. The lowest BCUT2D eigenvalue weighted by molar-refractivity contribution is 0.280. The maximum Gasteiger partial charge on any atom is 0.0431 e. The average molecular weight is 299 g/mol. The molecule has 1 N–H and O–H groups in total. The Morgan fingerprint density at radius 1 is 0.571 bits per heavy atom. The first-order chi connectivity index (χ1) is 10.3. The van der Waals surface area contributed by atoms with Crippen molar-refractivity contribution in [1.29, 1.82) is 0 Å². The first-order valence-corrected chi connectivity index (χ1v) is 9.92. The van der Waals surface area contributed by atoms with Gasteiger partial charge in [-0.2, -0.15) is 0 Å². The number of unbranched alkanes of at least 4 members (excludes halogenated alkanes) is 12. The van der Waals surface area contributed by atoms with Gasteiger partial charge in [0.25, 0.3) is 0 Å². The molecule has 1 nitrogen and oxygen atoms in total. The second-order valence-electron chi connectivity index (χ2n) is 7.00. The molecular weight excluding hydrogens is 256 g/mol. The average Bonchev–Trinajstić information content (AvgIpc) is 2.49. The van der Waals surface area contributed by atoms with E-state index in [1.54, 1.807) is 0 Å². The molecule has 0 aliphatic carbocycles. The summed E-state index contributed by atoms with van der Waals surface area (Å²) >= 11 is 0. The van der Waals surface area contributed by atoms with Gasteiger partial charge in [0, 0.05) is 6.61 Å². The van der Waals surface area contributed by atoms with Crippen LogP contribution < -0.4 is 0 Å². The maximum atomic E-state index is 8.75. The van der Waals surface area contributed by atoms with Crippen molar-refractivity contribution < 1.29 is 5.11 Å². The predicted molar refractivity (Wildman–Crippen MR) is 95.8 cm³/mol. The van der Waals surface area contributed by atoms with Crippen LogP contribution in [-0.2, 0) is 0 Å². The SMILES string of the molecule is CCCCCCCCCCCCCC(C)CCCCCO. The molecule has 0 rings (SSSR count). The molecule has 0 aromatic carbocycles. The Kier molecular flexibility index (Phi) is 18.0. The van der Waals surface area contributed by atoms with Crippen molar-refractivity contribution in [1.82, 2.24) is 0 Å². The van der Waals surface area contributed by atoms with Crippen molar-refractivity contribution in [2.45, 2.75) is 117 Å². The molecule has 1 unspecified atom stereocenters. The minimum Gasteiger partial charge on any atom is -0.396 e. The van der Waals surface area contributed by atoms with Crippen LogP contribution in [0.2, 0.25) is 0 Å². The van der Waals surface area contributed by atoms with Gasteiger partial charge in [0.1, 0.15) is 0 Å². The molecule has 21 heavy (non-hydrogen) atoms. The van der Waals surface area contributed by atoms with Gasteiger partial charge in [-0.05, 0) is 12.3 Å². The summed E-state index contributed by atoms with van der Waals surface area (Å²) in [4.78, 5) is 0. The van der Waals surface area contributed by atoms with Crippen molar-refractivity contribution in [3.05, 3.63) is 0 Å². The standard InChI is InChI=1S/C20H42O/c1-3-4-5-6-7-8-9-10-11-12-14-17-20(2)18-15-13-16-19-21/h20-21H,3-19H2,1-2H3. The van der Waals surface area contributed by atoms with E-state index in [2.05, 4.69) is 13.8 Å². The van der Waals surface area contributed by atoms with E-state index in [-0.39, 0.29) is 0 Å². The summed E-state index contributed by atoms with van der Waals surface area (Å²) in [5.41, 5.74) is 0. The van der Waals surface area contributed by atoms with Gasteiger partial charge in [-0.15, -0.1) is 0 Å². The third-order valence-corrected chi connectivity index (χ3v) is 4.66. The number of aliphatic hydroxyl groups is 1. The van der Waals surface area contributed by atoms with E-state index in [1.165, 1.54) is 96.3 Å². The summed E-state index contributed by atoms with van der Waals surface area (Å²) in [5, 5.41) is 8.75. The second kappa shape index (κ2) is 18.0. The van der Waals surface area contributed by atoms with Crippen molar-refractivity contribution in [2.75, 3.05) is 6.61 Å². The van der Waals surface area contributed by atoms with Crippen LogP contribution in [0, 0.1) is 5.92 Å². The molecule has 0 saturated heterocycles. The number of hydrogen-bond donors (Lipinski definition) is 1. The third-order valence-electron chi connectivity index (χ3n) is 4.66. The number of hydrogen-bond acceptors (Lipinski definition) is 1. The van der Waals surface area contributed by atoms with E-state index < -0.39 is 0 Å². The Hall–Kier alpha value is -0.0400. The summed E-state index contributed by atoms with van der Waals surface area (Å²) < 4.78 is 0. The molecule has 0 fully saturated rings. The third kappa shape index (κ3) is 17.9. The Morgan fingerprint density at radius 3 is 1.38 bits per heavy atom. The molecule has 128 valence electrons. The van der Waals surface area contributed by atoms with Gasteiger partial charge in [-0.3, -0.25) is 0 Å². The summed E-state index contributed by atoms with van der Waals surface area (Å²) in [7, 11) is 0. The van der Waals surface area contributed by atoms with Gasteiger partial charge < -0.3 is 5.11 Å². The number of aliphatic hydroxyl groups excluding tert-OH is 1. The van der Waals surface area contributed by atoms with Crippen molar-refractivity contribution in [3.63, 3.8) is 0 Å². The van der Waals surface area contributed by atoms with Gasteiger partial charge in [-0.1, -0.05) is 110 Å². The largest absolute Gasteiger partial charge is 0.396 e. The van der Waals surface area contributed by atoms with Gasteiger partial charge >= 0.3 is 0 Å².